The molecule has 5 nitrogen and oxygen atoms in total. The Morgan fingerprint density at radius 2 is 1.54 bits per heavy atom. The summed E-state index contributed by atoms with van der Waals surface area (Å²) in [5, 5.41) is 2.57. The summed E-state index contributed by atoms with van der Waals surface area (Å²) in [5.74, 6) is -1.23. The summed E-state index contributed by atoms with van der Waals surface area (Å²) in [6.45, 7) is 1.47. The van der Waals surface area contributed by atoms with E-state index in [4.69, 9.17) is 4.74 Å². The van der Waals surface area contributed by atoms with Crippen LogP contribution in [0.2, 0.25) is 0 Å². The second-order valence-corrected chi connectivity index (χ2v) is 5.35. The zero-order valence-electron chi connectivity index (χ0n) is 13.4. The number of amides is 1. The highest BCUT2D eigenvalue weighted by molar-refractivity contribution is 5.98. The first-order valence-corrected chi connectivity index (χ1v) is 7.62. The van der Waals surface area contributed by atoms with Crippen LogP contribution in [0.25, 0.3) is 0 Å². The van der Waals surface area contributed by atoms with E-state index < -0.39 is 17.9 Å². The average molecular weight is 325 g/mol. The summed E-state index contributed by atoms with van der Waals surface area (Å²) in [5.41, 5.74) is 1.29. The highest BCUT2D eigenvalue weighted by Crippen LogP contribution is 2.05. The van der Waals surface area contributed by atoms with E-state index in [9.17, 15) is 14.4 Å². The molecule has 0 aliphatic carbocycles. The Morgan fingerprint density at radius 1 is 0.958 bits per heavy atom. The maximum Gasteiger partial charge on any atom is 0.308 e. The van der Waals surface area contributed by atoms with Crippen molar-refractivity contribution in [2.45, 2.75) is 26.0 Å². The van der Waals surface area contributed by atoms with E-state index in [1.54, 1.807) is 30.3 Å². The first-order valence-electron chi connectivity index (χ1n) is 7.62. The van der Waals surface area contributed by atoms with Gasteiger partial charge in [0.1, 0.15) is 6.61 Å². The number of carbonyl (C=O) groups excluding carboxylic acids is 3. The predicted molar refractivity (Wildman–Crippen MR) is 89.2 cm³/mol. The average Bonchev–Trinajstić information content (AvgIpc) is 2.61. The van der Waals surface area contributed by atoms with Crippen LogP contribution in [-0.2, 0) is 20.9 Å². The van der Waals surface area contributed by atoms with Gasteiger partial charge in [0.05, 0.1) is 12.5 Å². The molecule has 124 valence electrons. The van der Waals surface area contributed by atoms with Gasteiger partial charge in [0, 0.05) is 5.56 Å². The third kappa shape index (κ3) is 5.35. The monoisotopic (exact) mass is 325 g/mol. The maximum absolute atomic E-state index is 12.1. The van der Waals surface area contributed by atoms with E-state index in [1.165, 1.54) is 6.92 Å². The summed E-state index contributed by atoms with van der Waals surface area (Å²) in [7, 11) is 0. The smallest absolute Gasteiger partial charge is 0.308 e. The number of benzene rings is 2. The SMILES string of the molecule is CC(=O)C(CC(=O)OCc1ccccc1)NC(=O)c1ccccc1. The number of carbonyl (C=O) groups is 3. The van der Waals surface area contributed by atoms with Crippen LogP contribution in [0, 0.1) is 0 Å². The van der Waals surface area contributed by atoms with Gasteiger partial charge in [-0.05, 0) is 24.6 Å². The van der Waals surface area contributed by atoms with Gasteiger partial charge >= 0.3 is 5.97 Å². The van der Waals surface area contributed by atoms with E-state index in [2.05, 4.69) is 5.32 Å². The first kappa shape index (κ1) is 17.4. The number of esters is 1. The van der Waals surface area contributed by atoms with Gasteiger partial charge in [0.15, 0.2) is 5.78 Å². The number of Topliss-reactive ketones (excluding diaryl/α,β-unsaturated/α-hetero) is 1. The number of ketones is 1. The molecular formula is C19H19NO4. The van der Waals surface area contributed by atoms with Crippen LogP contribution in [0.1, 0.15) is 29.3 Å². The van der Waals surface area contributed by atoms with Crippen molar-refractivity contribution in [2.75, 3.05) is 0 Å². The van der Waals surface area contributed by atoms with Crippen molar-refractivity contribution < 1.29 is 19.1 Å². The predicted octanol–water partition coefficient (Wildman–Crippen LogP) is 2.51. The highest BCUT2D eigenvalue weighted by Gasteiger charge is 2.22. The summed E-state index contributed by atoms with van der Waals surface area (Å²) in [4.78, 5) is 35.7. The molecule has 24 heavy (non-hydrogen) atoms. The van der Waals surface area contributed by atoms with Crippen molar-refractivity contribution in [2.24, 2.45) is 0 Å². The third-order valence-electron chi connectivity index (χ3n) is 3.45. The first-order chi connectivity index (χ1) is 11.6. The largest absolute Gasteiger partial charge is 0.461 e. The van der Waals surface area contributed by atoms with Gasteiger partial charge in [-0.1, -0.05) is 48.5 Å². The van der Waals surface area contributed by atoms with Crippen LogP contribution in [0.5, 0.6) is 0 Å². The zero-order valence-corrected chi connectivity index (χ0v) is 13.4. The summed E-state index contributed by atoms with van der Waals surface area (Å²) >= 11 is 0. The van der Waals surface area contributed by atoms with Crippen LogP contribution in [0.15, 0.2) is 60.7 Å². The van der Waals surface area contributed by atoms with Gasteiger partial charge in [-0.2, -0.15) is 0 Å². The Labute approximate surface area is 140 Å². The fraction of sp³-hybridized carbons (Fsp3) is 0.211. The van der Waals surface area contributed by atoms with Gasteiger partial charge in [-0.3, -0.25) is 14.4 Å². The molecule has 0 radical (unpaired) electrons. The van der Waals surface area contributed by atoms with Crippen LogP contribution in [-0.4, -0.2) is 23.7 Å². The second-order valence-electron chi connectivity index (χ2n) is 5.35. The minimum absolute atomic E-state index is 0.136. The molecule has 5 heteroatoms. The maximum atomic E-state index is 12.1. The molecule has 1 atom stereocenters. The van der Waals surface area contributed by atoms with E-state index in [0.29, 0.717) is 5.56 Å². The van der Waals surface area contributed by atoms with Crippen molar-refractivity contribution >= 4 is 17.7 Å². The summed E-state index contributed by atoms with van der Waals surface area (Å²) in [6, 6.07) is 16.9. The molecule has 0 aliphatic heterocycles. The molecule has 2 rings (SSSR count). The summed E-state index contributed by atoms with van der Waals surface area (Å²) in [6.07, 6.45) is -0.194. The van der Waals surface area contributed by atoms with Gasteiger partial charge in [0.25, 0.3) is 5.91 Å². The third-order valence-corrected chi connectivity index (χ3v) is 3.45. The standard InChI is InChI=1S/C19H19NO4/c1-14(21)17(20-19(23)16-10-6-3-7-11-16)12-18(22)24-13-15-8-4-2-5-9-15/h2-11,17H,12-13H2,1H3,(H,20,23). The Bertz CT molecular complexity index is 698. The fourth-order valence-corrected chi connectivity index (χ4v) is 2.09. The summed E-state index contributed by atoms with van der Waals surface area (Å²) < 4.78 is 5.15. The van der Waals surface area contributed by atoms with E-state index in [-0.39, 0.29) is 18.8 Å². The van der Waals surface area contributed by atoms with Crippen LogP contribution in [0.4, 0.5) is 0 Å². The lowest BCUT2D eigenvalue weighted by Gasteiger charge is -2.15. The van der Waals surface area contributed by atoms with Crippen molar-refractivity contribution in [3.63, 3.8) is 0 Å². The molecule has 0 heterocycles. The topological polar surface area (TPSA) is 72.5 Å². The molecule has 0 bridgehead atoms. The van der Waals surface area contributed by atoms with E-state index >= 15 is 0 Å². The van der Waals surface area contributed by atoms with Crippen LogP contribution in [0.3, 0.4) is 0 Å². The van der Waals surface area contributed by atoms with Crippen molar-refractivity contribution in [1.29, 1.82) is 0 Å². The minimum atomic E-state index is -0.902. The number of hydrogen-bond donors (Lipinski definition) is 1. The van der Waals surface area contributed by atoms with Gasteiger partial charge < -0.3 is 10.1 Å². The Hall–Kier alpha value is -2.95. The molecule has 0 saturated carbocycles. The number of nitrogens with one attached hydrogen (secondary N) is 1. The van der Waals surface area contributed by atoms with Crippen molar-refractivity contribution in [3.8, 4) is 0 Å². The van der Waals surface area contributed by atoms with Gasteiger partial charge in [-0.25, -0.2) is 0 Å². The molecule has 0 fully saturated rings. The molecule has 0 aromatic heterocycles. The van der Waals surface area contributed by atoms with E-state index in [1.807, 2.05) is 30.3 Å². The molecular weight excluding hydrogens is 306 g/mol. The molecule has 1 unspecified atom stereocenters. The zero-order chi connectivity index (χ0) is 17.4. The number of hydrogen-bond acceptors (Lipinski definition) is 4. The Morgan fingerprint density at radius 3 is 2.12 bits per heavy atom. The molecule has 2 aromatic rings. The molecule has 1 N–H and O–H groups in total. The number of ether oxygens (including phenoxy) is 1. The van der Waals surface area contributed by atoms with Crippen molar-refractivity contribution in [3.05, 3.63) is 71.8 Å². The Balaban J connectivity index is 1.89. The quantitative estimate of drug-likeness (QED) is 0.794. The molecule has 1 amide bonds. The second kappa shape index (κ2) is 8.62. The normalized spacial score (nSPS) is 11.4. The van der Waals surface area contributed by atoms with Crippen LogP contribution < -0.4 is 5.32 Å². The van der Waals surface area contributed by atoms with E-state index in [0.717, 1.165) is 5.56 Å². The van der Waals surface area contributed by atoms with Crippen molar-refractivity contribution in [1.82, 2.24) is 5.32 Å². The lowest BCUT2D eigenvalue weighted by molar-refractivity contribution is -0.146. The Kier molecular flexibility index (Phi) is 6.25. The lowest BCUT2D eigenvalue weighted by Crippen LogP contribution is -2.41. The highest BCUT2D eigenvalue weighted by atomic mass is 16.5. The van der Waals surface area contributed by atoms with Gasteiger partial charge in [-0.15, -0.1) is 0 Å². The minimum Gasteiger partial charge on any atom is -0.461 e. The molecule has 0 spiro atoms. The lowest BCUT2D eigenvalue weighted by atomic mass is 10.1. The van der Waals surface area contributed by atoms with Crippen LogP contribution >= 0.6 is 0 Å². The van der Waals surface area contributed by atoms with Gasteiger partial charge in [0.2, 0.25) is 0 Å². The number of rotatable bonds is 7. The molecule has 0 aliphatic rings. The molecule has 2 aromatic carbocycles. The fourth-order valence-electron chi connectivity index (χ4n) is 2.09. The molecule has 0 saturated heterocycles.